The molecule has 2 saturated heterocycles. The molecule has 0 saturated carbocycles. The predicted molar refractivity (Wildman–Crippen MR) is 103 cm³/mol. The Kier molecular flexibility index (Phi) is 7.00. The van der Waals surface area contributed by atoms with Crippen molar-refractivity contribution in [3.8, 4) is 0 Å². The average Bonchev–Trinajstić information content (AvgIpc) is 3.09. The standard InChI is InChI=1S/C20H27N3O5/c1-2-28-20(26)15-3-5-17(6-4-15)21-19(25)16-13-18(24)23(14-16)8-7-22-9-11-27-12-10-22/h3-6,16H,2,7-14H2,1H3,(H,21,25). The molecule has 1 aromatic rings. The van der Waals surface area contributed by atoms with Crippen LogP contribution in [-0.2, 0) is 19.1 Å². The number of carbonyl (C=O) groups is 3. The molecule has 1 atom stereocenters. The van der Waals surface area contributed by atoms with E-state index in [-0.39, 0.29) is 24.2 Å². The van der Waals surface area contributed by atoms with E-state index in [4.69, 9.17) is 9.47 Å². The van der Waals surface area contributed by atoms with Gasteiger partial charge in [-0.15, -0.1) is 0 Å². The molecule has 0 bridgehead atoms. The van der Waals surface area contributed by atoms with Crippen molar-refractivity contribution in [2.75, 3.05) is 57.9 Å². The summed E-state index contributed by atoms with van der Waals surface area (Å²) in [5, 5.41) is 2.83. The Balaban J connectivity index is 1.48. The van der Waals surface area contributed by atoms with Crippen LogP contribution in [0, 0.1) is 5.92 Å². The summed E-state index contributed by atoms with van der Waals surface area (Å²) in [6.07, 6.45) is 0.232. The number of rotatable bonds is 7. The van der Waals surface area contributed by atoms with Crippen molar-refractivity contribution < 1.29 is 23.9 Å². The van der Waals surface area contributed by atoms with Crippen LogP contribution in [0.4, 0.5) is 5.69 Å². The molecular formula is C20H27N3O5. The Bertz CT molecular complexity index is 700. The maximum absolute atomic E-state index is 12.5. The number of morpholine rings is 1. The van der Waals surface area contributed by atoms with E-state index in [2.05, 4.69) is 10.2 Å². The first-order chi connectivity index (χ1) is 13.6. The minimum absolute atomic E-state index is 0.0195. The zero-order chi connectivity index (χ0) is 19.9. The first-order valence-electron chi connectivity index (χ1n) is 9.72. The minimum Gasteiger partial charge on any atom is -0.462 e. The monoisotopic (exact) mass is 389 g/mol. The summed E-state index contributed by atoms with van der Waals surface area (Å²) in [6, 6.07) is 6.55. The van der Waals surface area contributed by atoms with Gasteiger partial charge in [-0.05, 0) is 31.2 Å². The molecule has 2 heterocycles. The number of carbonyl (C=O) groups excluding carboxylic acids is 3. The smallest absolute Gasteiger partial charge is 0.338 e. The second-order valence-electron chi connectivity index (χ2n) is 6.98. The Morgan fingerprint density at radius 2 is 1.89 bits per heavy atom. The number of hydrogen-bond acceptors (Lipinski definition) is 6. The Labute approximate surface area is 164 Å². The van der Waals surface area contributed by atoms with E-state index >= 15 is 0 Å². The van der Waals surface area contributed by atoms with Crippen LogP contribution in [0.1, 0.15) is 23.7 Å². The van der Waals surface area contributed by atoms with Crippen LogP contribution in [0.15, 0.2) is 24.3 Å². The molecule has 1 aromatic carbocycles. The van der Waals surface area contributed by atoms with Crippen molar-refractivity contribution in [3.63, 3.8) is 0 Å². The molecule has 0 aliphatic carbocycles. The number of anilines is 1. The van der Waals surface area contributed by atoms with Gasteiger partial charge in [0.25, 0.3) is 0 Å². The van der Waals surface area contributed by atoms with Gasteiger partial charge in [-0.2, -0.15) is 0 Å². The van der Waals surface area contributed by atoms with Crippen LogP contribution >= 0.6 is 0 Å². The molecule has 0 radical (unpaired) electrons. The molecule has 2 amide bonds. The first kappa shape index (κ1) is 20.3. The van der Waals surface area contributed by atoms with E-state index in [1.165, 1.54) is 0 Å². The van der Waals surface area contributed by atoms with E-state index in [1.807, 2.05) is 0 Å². The minimum atomic E-state index is -0.391. The fourth-order valence-corrected chi connectivity index (χ4v) is 3.40. The first-order valence-corrected chi connectivity index (χ1v) is 9.72. The van der Waals surface area contributed by atoms with Crippen molar-refractivity contribution in [2.24, 2.45) is 5.92 Å². The lowest BCUT2D eigenvalue weighted by atomic mass is 10.1. The lowest BCUT2D eigenvalue weighted by Crippen LogP contribution is -2.42. The van der Waals surface area contributed by atoms with E-state index in [1.54, 1.807) is 36.1 Å². The van der Waals surface area contributed by atoms with Gasteiger partial charge in [-0.25, -0.2) is 4.79 Å². The van der Waals surface area contributed by atoms with Gasteiger partial charge in [0.2, 0.25) is 11.8 Å². The Morgan fingerprint density at radius 1 is 1.18 bits per heavy atom. The third-order valence-corrected chi connectivity index (χ3v) is 5.04. The number of esters is 1. The molecular weight excluding hydrogens is 362 g/mol. The normalized spacial score (nSPS) is 20.2. The van der Waals surface area contributed by atoms with Crippen LogP contribution in [0.2, 0.25) is 0 Å². The number of benzene rings is 1. The van der Waals surface area contributed by atoms with Crippen molar-refractivity contribution >= 4 is 23.5 Å². The third-order valence-electron chi connectivity index (χ3n) is 5.04. The maximum atomic E-state index is 12.5. The third kappa shape index (κ3) is 5.30. The highest BCUT2D eigenvalue weighted by Gasteiger charge is 2.34. The van der Waals surface area contributed by atoms with Crippen LogP contribution in [0.25, 0.3) is 0 Å². The van der Waals surface area contributed by atoms with Gasteiger partial charge in [0.05, 0.1) is 31.3 Å². The number of ether oxygens (including phenoxy) is 2. The molecule has 1 N–H and O–H groups in total. The van der Waals surface area contributed by atoms with Crippen molar-refractivity contribution in [3.05, 3.63) is 29.8 Å². The van der Waals surface area contributed by atoms with E-state index in [0.717, 1.165) is 32.8 Å². The van der Waals surface area contributed by atoms with Crippen molar-refractivity contribution in [2.45, 2.75) is 13.3 Å². The van der Waals surface area contributed by atoms with Gasteiger partial charge in [0.15, 0.2) is 0 Å². The topological polar surface area (TPSA) is 88.2 Å². The van der Waals surface area contributed by atoms with Gasteiger partial charge in [-0.3, -0.25) is 14.5 Å². The Morgan fingerprint density at radius 3 is 2.57 bits per heavy atom. The number of hydrogen-bond donors (Lipinski definition) is 1. The van der Waals surface area contributed by atoms with Gasteiger partial charge in [0.1, 0.15) is 0 Å². The number of amides is 2. The zero-order valence-electron chi connectivity index (χ0n) is 16.2. The molecule has 2 fully saturated rings. The van der Waals surface area contributed by atoms with E-state index in [9.17, 15) is 14.4 Å². The number of nitrogens with one attached hydrogen (secondary N) is 1. The highest BCUT2D eigenvalue weighted by molar-refractivity contribution is 5.97. The van der Waals surface area contributed by atoms with Crippen LogP contribution in [0.3, 0.4) is 0 Å². The molecule has 2 aliphatic rings. The fraction of sp³-hybridized carbons (Fsp3) is 0.550. The van der Waals surface area contributed by atoms with Gasteiger partial charge < -0.3 is 19.7 Å². The molecule has 8 nitrogen and oxygen atoms in total. The summed E-state index contributed by atoms with van der Waals surface area (Å²) in [5.41, 5.74) is 1.03. The van der Waals surface area contributed by atoms with E-state index < -0.39 is 5.97 Å². The average molecular weight is 389 g/mol. The summed E-state index contributed by atoms with van der Waals surface area (Å²) < 4.78 is 10.3. The Hall–Kier alpha value is -2.45. The zero-order valence-corrected chi connectivity index (χ0v) is 16.2. The summed E-state index contributed by atoms with van der Waals surface area (Å²) in [5.74, 6) is -0.906. The highest BCUT2D eigenvalue weighted by Crippen LogP contribution is 2.20. The van der Waals surface area contributed by atoms with E-state index in [0.29, 0.717) is 30.9 Å². The second kappa shape index (κ2) is 9.66. The lowest BCUT2D eigenvalue weighted by molar-refractivity contribution is -0.128. The summed E-state index contributed by atoms with van der Waals surface area (Å²) in [7, 11) is 0. The summed E-state index contributed by atoms with van der Waals surface area (Å²) >= 11 is 0. The number of nitrogens with zero attached hydrogens (tertiary/aromatic N) is 2. The highest BCUT2D eigenvalue weighted by atomic mass is 16.5. The van der Waals surface area contributed by atoms with Gasteiger partial charge >= 0.3 is 5.97 Å². The number of likely N-dealkylation sites (tertiary alicyclic amines) is 1. The van der Waals surface area contributed by atoms with Crippen molar-refractivity contribution in [1.82, 2.24) is 9.80 Å². The molecule has 1 unspecified atom stereocenters. The molecule has 152 valence electrons. The lowest BCUT2D eigenvalue weighted by Gasteiger charge is -2.28. The second-order valence-corrected chi connectivity index (χ2v) is 6.98. The molecule has 3 rings (SSSR count). The molecule has 8 heteroatoms. The molecule has 2 aliphatic heterocycles. The predicted octanol–water partition coefficient (Wildman–Crippen LogP) is 0.983. The molecule has 0 spiro atoms. The maximum Gasteiger partial charge on any atom is 0.338 e. The van der Waals surface area contributed by atoms with Crippen LogP contribution in [0.5, 0.6) is 0 Å². The fourth-order valence-electron chi connectivity index (χ4n) is 3.40. The quantitative estimate of drug-likeness (QED) is 0.700. The van der Waals surface area contributed by atoms with Gasteiger partial charge in [-0.1, -0.05) is 0 Å². The van der Waals surface area contributed by atoms with Crippen LogP contribution in [-0.4, -0.2) is 80.1 Å². The van der Waals surface area contributed by atoms with Gasteiger partial charge in [0, 0.05) is 44.8 Å². The summed E-state index contributed by atoms with van der Waals surface area (Å²) in [4.78, 5) is 40.5. The SMILES string of the molecule is CCOC(=O)c1ccc(NC(=O)C2CC(=O)N(CCN3CCOCC3)C2)cc1. The van der Waals surface area contributed by atoms with Crippen LogP contribution < -0.4 is 5.32 Å². The molecule has 0 aromatic heterocycles. The summed E-state index contributed by atoms with van der Waals surface area (Å²) in [6.45, 7) is 7.17. The molecule has 28 heavy (non-hydrogen) atoms. The largest absolute Gasteiger partial charge is 0.462 e. The van der Waals surface area contributed by atoms with Crippen molar-refractivity contribution in [1.29, 1.82) is 0 Å².